The summed E-state index contributed by atoms with van der Waals surface area (Å²) in [6.45, 7) is 4.60. The molecule has 0 aliphatic heterocycles. The number of methoxy groups -OCH3 is 1. The highest BCUT2D eigenvalue weighted by Gasteiger charge is 2.19. The molecule has 0 saturated heterocycles. The van der Waals surface area contributed by atoms with Crippen LogP contribution in [0.4, 0.5) is 0 Å². The second kappa shape index (κ2) is 7.17. The third kappa shape index (κ3) is 5.13. The minimum Gasteiger partial charge on any atom is -0.384 e. The number of nitrogens with two attached hydrogens (primary N) is 1. The van der Waals surface area contributed by atoms with Gasteiger partial charge < -0.3 is 4.74 Å². The van der Waals surface area contributed by atoms with Crippen molar-refractivity contribution in [2.75, 3.05) is 19.5 Å². The molecule has 0 aromatic heterocycles. The van der Waals surface area contributed by atoms with Crippen molar-refractivity contribution in [3.05, 3.63) is 0 Å². The summed E-state index contributed by atoms with van der Waals surface area (Å²) in [5, 5.41) is 0.263. The zero-order chi connectivity index (χ0) is 10.3. The van der Waals surface area contributed by atoms with E-state index >= 15 is 0 Å². The second-order valence-corrected chi connectivity index (χ2v) is 4.35. The van der Waals surface area contributed by atoms with Crippen molar-refractivity contribution in [1.82, 2.24) is 5.43 Å². The number of hydrogen-bond donors (Lipinski definition) is 2. The van der Waals surface area contributed by atoms with Crippen molar-refractivity contribution in [2.45, 2.75) is 19.1 Å². The molecule has 0 fully saturated rings. The first-order chi connectivity index (χ1) is 6.13. The molecule has 0 saturated carbocycles. The summed E-state index contributed by atoms with van der Waals surface area (Å²) in [6, 6.07) is 0. The molecule has 13 heavy (non-hydrogen) atoms. The zero-order valence-corrected chi connectivity index (χ0v) is 9.19. The van der Waals surface area contributed by atoms with Gasteiger partial charge in [0.2, 0.25) is 5.91 Å². The monoisotopic (exact) mass is 206 g/mol. The standard InChI is InChI=1S/C8H18N2O2S/c1-6(8(11)10-9)7(2)13-5-4-12-3/h6-7H,4-5,9H2,1-3H3,(H,10,11). The molecule has 0 aromatic rings. The molecule has 0 spiro atoms. The molecule has 0 aliphatic carbocycles. The quantitative estimate of drug-likeness (QED) is 0.285. The molecule has 0 aliphatic rings. The number of hydrazine groups is 1. The zero-order valence-electron chi connectivity index (χ0n) is 8.37. The number of thioether (sulfide) groups is 1. The summed E-state index contributed by atoms with van der Waals surface area (Å²) in [4.78, 5) is 11.1. The van der Waals surface area contributed by atoms with Gasteiger partial charge in [-0.3, -0.25) is 10.2 Å². The highest BCUT2D eigenvalue weighted by atomic mass is 32.2. The molecule has 3 N–H and O–H groups in total. The predicted octanol–water partition coefficient (Wildman–Crippen LogP) is 0.381. The van der Waals surface area contributed by atoms with Gasteiger partial charge in [0.15, 0.2) is 0 Å². The predicted molar refractivity (Wildman–Crippen MR) is 55.3 cm³/mol. The fourth-order valence-corrected chi connectivity index (χ4v) is 1.85. The summed E-state index contributed by atoms with van der Waals surface area (Å²) < 4.78 is 4.91. The normalized spacial score (nSPS) is 15.1. The smallest absolute Gasteiger partial charge is 0.237 e. The average molecular weight is 206 g/mol. The fraction of sp³-hybridized carbons (Fsp3) is 0.875. The van der Waals surface area contributed by atoms with E-state index in [-0.39, 0.29) is 17.1 Å². The number of nitrogens with one attached hydrogen (secondary N) is 1. The minimum atomic E-state index is -0.114. The molecule has 2 unspecified atom stereocenters. The Morgan fingerprint density at radius 1 is 1.62 bits per heavy atom. The highest BCUT2D eigenvalue weighted by molar-refractivity contribution is 7.99. The lowest BCUT2D eigenvalue weighted by Gasteiger charge is -2.17. The van der Waals surface area contributed by atoms with E-state index in [1.165, 1.54) is 0 Å². The van der Waals surface area contributed by atoms with Crippen molar-refractivity contribution in [2.24, 2.45) is 11.8 Å². The third-order valence-electron chi connectivity index (χ3n) is 1.93. The Hall–Kier alpha value is -0.260. The van der Waals surface area contributed by atoms with Crippen molar-refractivity contribution in [3.63, 3.8) is 0 Å². The number of amides is 1. The summed E-state index contributed by atoms with van der Waals surface area (Å²) in [7, 11) is 1.67. The Bertz CT molecular complexity index is 155. The van der Waals surface area contributed by atoms with E-state index in [2.05, 4.69) is 5.43 Å². The molecule has 2 atom stereocenters. The van der Waals surface area contributed by atoms with Crippen LogP contribution in [-0.2, 0) is 9.53 Å². The number of rotatable bonds is 6. The minimum absolute atomic E-state index is 0.0631. The molecule has 0 bridgehead atoms. The van der Waals surface area contributed by atoms with E-state index < -0.39 is 0 Å². The van der Waals surface area contributed by atoms with Gasteiger partial charge in [0.05, 0.1) is 6.61 Å². The van der Waals surface area contributed by atoms with E-state index in [1.54, 1.807) is 18.9 Å². The topological polar surface area (TPSA) is 64.3 Å². The van der Waals surface area contributed by atoms with Crippen LogP contribution in [0.5, 0.6) is 0 Å². The van der Waals surface area contributed by atoms with Gasteiger partial charge in [-0.1, -0.05) is 13.8 Å². The summed E-state index contributed by atoms with van der Waals surface area (Å²) in [5.74, 6) is 5.76. The van der Waals surface area contributed by atoms with Crippen molar-refractivity contribution < 1.29 is 9.53 Å². The SMILES string of the molecule is COCCSC(C)C(C)C(=O)NN. The maximum Gasteiger partial charge on any atom is 0.237 e. The highest BCUT2D eigenvalue weighted by Crippen LogP contribution is 2.18. The van der Waals surface area contributed by atoms with Gasteiger partial charge in [-0.15, -0.1) is 0 Å². The molecular weight excluding hydrogens is 188 g/mol. The van der Waals surface area contributed by atoms with Gasteiger partial charge >= 0.3 is 0 Å². The Morgan fingerprint density at radius 3 is 2.69 bits per heavy atom. The molecule has 4 nitrogen and oxygen atoms in total. The summed E-state index contributed by atoms with van der Waals surface area (Å²) in [5.41, 5.74) is 2.15. The fourth-order valence-electron chi connectivity index (χ4n) is 0.806. The van der Waals surface area contributed by atoms with Gasteiger partial charge in [0, 0.05) is 24.0 Å². The van der Waals surface area contributed by atoms with Gasteiger partial charge in [-0.2, -0.15) is 11.8 Å². The van der Waals surface area contributed by atoms with E-state index in [0.29, 0.717) is 6.61 Å². The van der Waals surface area contributed by atoms with Crippen LogP contribution in [0.1, 0.15) is 13.8 Å². The number of carbonyl (C=O) groups is 1. The first-order valence-corrected chi connectivity index (χ1v) is 5.29. The molecule has 0 aromatic carbocycles. The van der Waals surface area contributed by atoms with Crippen LogP contribution in [-0.4, -0.2) is 30.6 Å². The molecule has 78 valence electrons. The molecule has 0 rings (SSSR count). The Kier molecular flexibility index (Phi) is 7.03. The van der Waals surface area contributed by atoms with Crippen molar-refractivity contribution in [1.29, 1.82) is 0 Å². The summed E-state index contributed by atoms with van der Waals surface area (Å²) in [6.07, 6.45) is 0. The molecule has 1 amide bonds. The van der Waals surface area contributed by atoms with E-state index in [9.17, 15) is 4.79 Å². The van der Waals surface area contributed by atoms with Gasteiger partial charge in [0.25, 0.3) is 0 Å². The van der Waals surface area contributed by atoms with Crippen LogP contribution >= 0.6 is 11.8 Å². The molecule has 0 heterocycles. The van der Waals surface area contributed by atoms with Crippen LogP contribution < -0.4 is 11.3 Å². The largest absolute Gasteiger partial charge is 0.384 e. The summed E-state index contributed by atoms with van der Waals surface area (Å²) >= 11 is 1.71. The average Bonchev–Trinajstić information content (AvgIpc) is 2.15. The van der Waals surface area contributed by atoms with Crippen LogP contribution in [0.3, 0.4) is 0 Å². The second-order valence-electron chi connectivity index (χ2n) is 2.87. The molecule has 0 radical (unpaired) electrons. The van der Waals surface area contributed by atoms with Gasteiger partial charge in [0.1, 0.15) is 0 Å². The van der Waals surface area contributed by atoms with Crippen LogP contribution in [0.25, 0.3) is 0 Å². The van der Waals surface area contributed by atoms with Gasteiger partial charge in [-0.25, -0.2) is 5.84 Å². The van der Waals surface area contributed by atoms with E-state index in [1.807, 2.05) is 13.8 Å². The first-order valence-electron chi connectivity index (χ1n) is 4.24. The maximum atomic E-state index is 11.1. The van der Waals surface area contributed by atoms with E-state index in [0.717, 1.165) is 5.75 Å². The lowest BCUT2D eigenvalue weighted by atomic mass is 10.1. The van der Waals surface area contributed by atoms with Crippen LogP contribution in [0.15, 0.2) is 0 Å². The Labute approximate surface area is 83.6 Å². The Balaban J connectivity index is 3.68. The van der Waals surface area contributed by atoms with Crippen LogP contribution in [0.2, 0.25) is 0 Å². The lowest BCUT2D eigenvalue weighted by Crippen LogP contribution is -2.38. The third-order valence-corrected chi connectivity index (χ3v) is 3.26. The number of carbonyl (C=O) groups excluding carboxylic acids is 1. The lowest BCUT2D eigenvalue weighted by molar-refractivity contribution is -0.124. The van der Waals surface area contributed by atoms with Crippen molar-refractivity contribution >= 4 is 17.7 Å². The number of hydrogen-bond acceptors (Lipinski definition) is 4. The van der Waals surface area contributed by atoms with E-state index in [4.69, 9.17) is 10.6 Å². The van der Waals surface area contributed by atoms with Crippen molar-refractivity contribution in [3.8, 4) is 0 Å². The molecule has 5 heteroatoms. The Morgan fingerprint density at radius 2 is 2.23 bits per heavy atom. The number of ether oxygens (including phenoxy) is 1. The van der Waals surface area contributed by atoms with Crippen LogP contribution in [0, 0.1) is 5.92 Å². The molecular formula is C8H18N2O2S. The first kappa shape index (κ1) is 12.7. The van der Waals surface area contributed by atoms with Gasteiger partial charge in [-0.05, 0) is 0 Å². The maximum absolute atomic E-state index is 11.1.